The van der Waals surface area contributed by atoms with Gasteiger partial charge in [0.05, 0.1) is 11.4 Å². The van der Waals surface area contributed by atoms with Gasteiger partial charge < -0.3 is 5.32 Å². The van der Waals surface area contributed by atoms with Gasteiger partial charge in [0.1, 0.15) is 5.01 Å². The van der Waals surface area contributed by atoms with Gasteiger partial charge in [0.2, 0.25) is 5.91 Å². The molecule has 0 saturated carbocycles. The number of rotatable bonds is 4. The van der Waals surface area contributed by atoms with Gasteiger partial charge in [0.15, 0.2) is 0 Å². The molecule has 0 fully saturated rings. The zero-order valence-electron chi connectivity index (χ0n) is 8.16. The molecule has 14 heavy (non-hydrogen) atoms. The fourth-order valence-electron chi connectivity index (χ4n) is 0.903. The van der Waals surface area contributed by atoms with Crippen LogP contribution in [0.4, 0.5) is 0 Å². The highest BCUT2D eigenvalue weighted by Gasteiger charge is 2.17. The number of aromatic nitrogens is 1. The molecule has 0 aliphatic carbocycles. The summed E-state index contributed by atoms with van der Waals surface area (Å²) in [5.74, 6) is 0.321. The molecule has 0 saturated heterocycles. The number of hydrogen-bond acceptors (Lipinski definition) is 3. The predicted octanol–water partition coefficient (Wildman–Crippen LogP) is 2.18. The van der Waals surface area contributed by atoms with Gasteiger partial charge in [0, 0.05) is 11.6 Å². The van der Waals surface area contributed by atoms with Gasteiger partial charge in [-0.05, 0) is 5.92 Å². The van der Waals surface area contributed by atoms with Crippen LogP contribution in [0.15, 0.2) is 11.6 Å². The lowest BCUT2D eigenvalue weighted by molar-refractivity contribution is -0.121. The van der Waals surface area contributed by atoms with Gasteiger partial charge in [0.25, 0.3) is 0 Å². The van der Waals surface area contributed by atoms with Crippen LogP contribution in [-0.2, 0) is 11.3 Å². The maximum Gasteiger partial charge on any atom is 0.234 e. The summed E-state index contributed by atoms with van der Waals surface area (Å²) in [6.07, 6.45) is 1.74. The Kier molecular flexibility index (Phi) is 4.54. The van der Waals surface area contributed by atoms with Crippen molar-refractivity contribution in [2.24, 2.45) is 5.92 Å². The Labute approximate surface area is 96.1 Å². The molecule has 0 aliphatic heterocycles. The molecule has 1 aromatic rings. The molecule has 1 amide bonds. The second-order valence-corrected chi connectivity index (χ2v) is 5.26. The van der Waals surface area contributed by atoms with Crippen molar-refractivity contribution >= 4 is 33.2 Å². The largest absolute Gasteiger partial charge is 0.349 e. The van der Waals surface area contributed by atoms with Crippen molar-refractivity contribution < 1.29 is 4.79 Å². The molecule has 0 radical (unpaired) electrons. The van der Waals surface area contributed by atoms with E-state index < -0.39 is 0 Å². The van der Waals surface area contributed by atoms with Crippen molar-refractivity contribution in [1.82, 2.24) is 10.3 Å². The minimum absolute atomic E-state index is 0.0233. The molecule has 1 rings (SSSR count). The first-order valence-electron chi connectivity index (χ1n) is 4.41. The molecule has 0 aromatic carbocycles. The predicted molar refractivity (Wildman–Crippen MR) is 61.5 cm³/mol. The summed E-state index contributed by atoms with van der Waals surface area (Å²) in [5, 5.41) is 5.66. The standard InChI is InChI=1S/C9H13BrN2OS/c1-6(2)8(10)9(13)12-5-7-11-3-4-14-7/h3-4,6,8H,5H2,1-2H3,(H,12,13). The highest BCUT2D eigenvalue weighted by atomic mass is 79.9. The summed E-state index contributed by atoms with van der Waals surface area (Å²) in [5.41, 5.74) is 0. The molecule has 1 heterocycles. The van der Waals surface area contributed by atoms with Crippen LogP contribution in [0.3, 0.4) is 0 Å². The van der Waals surface area contributed by atoms with Crippen LogP contribution in [-0.4, -0.2) is 15.7 Å². The molecule has 1 unspecified atom stereocenters. The number of carbonyl (C=O) groups is 1. The quantitative estimate of drug-likeness (QED) is 0.857. The second kappa shape index (κ2) is 5.46. The van der Waals surface area contributed by atoms with Crippen LogP contribution < -0.4 is 5.32 Å². The fourth-order valence-corrected chi connectivity index (χ4v) is 1.62. The Bertz CT molecular complexity index is 287. The van der Waals surface area contributed by atoms with E-state index in [4.69, 9.17) is 0 Å². The van der Waals surface area contributed by atoms with E-state index in [0.29, 0.717) is 12.5 Å². The number of nitrogens with one attached hydrogen (secondary N) is 1. The molecule has 0 spiro atoms. The van der Waals surface area contributed by atoms with Gasteiger partial charge in [-0.2, -0.15) is 0 Å². The molecular formula is C9H13BrN2OS. The summed E-state index contributed by atoms with van der Waals surface area (Å²) in [7, 11) is 0. The van der Waals surface area contributed by atoms with Gasteiger partial charge in [-0.1, -0.05) is 29.8 Å². The number of alkyl halides is 1. The monoisotopic (exact) mass is 276 g/mol. The number of amides is 1. The third-order valence-corrected chi connectivity index (χ3v) is 3.99. The average molecular weight is 277 g/mol. The third kappa shape index (κ3) is 3.38. The van der Waals surface area contributed by atoms with Crippen LogP contribution in [0.1, 0.15) is 18.9 Å². The number of carbonyl (C=O) groups excluding carboxylic acids is 1. The Morgan fingerprint density at radius 3 is 2.93 bits per heavy atom. The lowest BCUT2D eigenvalue weighted by Gasteiger charge is -2.12. The van der Waals surface area contributed by atoms with Gasteiger partial charge in [-0.25, -0.2) is 4.98 Å². The van der Waals surface area contributed by atoms with Crippen molar-refractivity contribution in [2.45, 2.75) is 25.2 Å². The van der Waals surface area contributed by atoms with Crippen LogP contribution in [0, 0.1) is 5.92 Å². The lowest BCUT2D eigenvalue weighted by atomic mass is 10.1. The number of thiazole rings is 1. The fraction of sp³-hybridized carbons (Fsp3) is 0.556. The molecule has 1 aromatic heterocycles. The zero-order chi connectivity index (χ0) is 10.6. The first-order chi connectivity index (χ1) is 6.61. The van der Waals surface area contributed by atoms with Crippen molar-refractivity contribution in [3.63, 3.8) is 0 Å². The smallest absolute Gasteiger partial charge is 0.234 e. The van der Waals surface area contributed by atoms with E-state index in [9.17, 15) is 4.79 Å². The van der Waals surface area contributed by atoms with E-state index in [2.05, 4.69) is 26.2 Å². The number of halogens is 1. The highest BCUT2D eigenvalue weighted by molar-refractivity contribution is 9.10. The van der Waals surface area contributed by atoms with E-state index in [1.807, 2.05) is 19.2 Å². The molecule has 78 valence electrons. The average Bonchev–Trinajstić information content (AvgIpc) is 2.65. The van der Waals surface area contributed by atoms with E-state index in [0.717, 1.165) is 5.01 Å². The first kappa shape index (κ1) is 11.7. The van der Waals surface area contributed by atoms with Crippen molar-refractivity contribution in [1.29, 1.82) is 0 Å². The third-order valence-electron chi connectivity index (χ3n) is 1.73. The van der Waals surface area contributed by atoms with Gasteiger partial charge in [-0.3, -0.25) is 4.79 Å². The van der Waals surface area contributed by atoms with Crippen LogP contribution in [0.2, 0.25) is 0 Å². The molecule has 5 heteroatoms. The molecule has 0 bridgehead atoms. The maximum atomic E-state index is 11.5. The van der Waals surface area contributed by atoms with Crippen LogP contribution >= 0.6 is 27.3 Å². The van der Waals surface area contributed by atoms with Gasteiger partial charge >= 0.3 is 0 Å². The summed E-state index contributed by atoms with van der Waals surface area (Å²) in [4.78, 5) is 15.5. The Morgan fingerprint density at radius 1 is 1.71 bits per heavy atom. The van der Waals surface area contributed by atoms with Crippen molar-refractivity contribution in [3.8, 4) is 0 Å². The number of nitrogens with zero attached hydrogens (tertiary/aromatic N) is 1. The molecular weight excluding hydrogens is 264 g/mol. The summed E-state index contributed by atoms with van der Waals surface area (Å²) >= 11 is 4.89. The summed E-state index contributed by atoms with van der Waals surface area (Å²) in [6, 6.07) is 0. The molecule has 3 nitrogen and oxygen atoms in total. The lowest BCUT2D eigenvalue weighted by Crippen LogP contribution is -2.33. The van der Waals surface area contributed by atoms with Crippen molar-refractivity contribution in [2.75, 3.05) is 0 Å². The molecule has 1 N–H and O–H groups in total. The van der Waals surface area contributed by atoms with E-state index in [1.54, 1.807) is 17.5 Å². The summed E-state index contributed by atoms with van der Waals surface area (Å²) < 4.78 is 0. The SMILES string of the molecule is CC(C)C(Br)C(=O)NCc1nccs1. The first-order valence-corrected chi connectivity index (χ1v) is 6.21. The normalized spacial score (nSPS) is 12.9. The molecule has 0 aliphatic rings. The van der Waals surface area contributed by atoms with E-state index in [-0.39, 0.29) is 10.7 Å². The van der Waals surface area contributed by atoms with Crippen LogP contribution in [0.25, 0.3) is 0 Å². The highest BCUT2D eigenvalue weighted by Crippen LogP contribution is 2.12. The minimum atomic E-state index is -0.123. The summed E-state index contributed by atoms with van der Waals surface area (Å²) in [6.45, 7) is 4.52. The number of hydrogen-bond donors (Lipinski definition) is 1. The van der Waals surface area contributed by atoms with Crippen LogP contribution in [0.5, 0.6) is 0 Å². The van der Waals surface area contributed by atoms with E-state index >= 15 is 0 Å². The molecule has 1 atom stereocenters. The van der Waals surface area contributed by atoms with E-state index in [1.165, 1.54) is 0 Å². The zero-order valence-corrected chi connectivity index (χ0v) is 10.6. The Hall–Kier alpha value is -0.420. The topological polar surface area (TPSA) is 42.0 Å². The minimum Gasteiger partial charge on any atom is -0.349 e. The van der Waals surface area contributed by atoms with Crippen molar-refractivity contribution in [3.05, 3.63) is 16.6 Å². The Balaban J connectivity index is 2.35. The Morgan fingerprint density at radius 2 is 2.43 bits per heavy atom. The van der Waals surface area contributed by atoms with Gasteiger partial charge in [-0.15, -0.1) is 11.3 Å². The maximum absolute atomic E-state index is 11.5. The second-order valence-electron chi connectivity index (χ2n) is 3.29.